The molecule has 8 heteroatoms. The highest BCUT2D eigenvalue weighted by molar-refractivity contribution is 7.90. The summed E-state index contributed by atoms with van der Waals surface area (Å²) in [6.07, 6.45) is 4.00. The van der Waals surface area contributed by atoms with E-state index in [1.165, 1.54) is 4.31 Å². The third-order valence-corrected chi connectivity index (χ3v) is 17.4. The van der Waals surface area contributed by atoms with E-state index in [4.69, 9.17) is 4.43 Å². The molecule has 1 aliphatic heterocycles. The number of pyridine rings is 1. The average Bonchev–Trinajstić information content (AvgIpc) is 3.38. The molecule has 36 heavy (non-hydrogen) atoms. The van der Waals surface area contributed by atoms with E-state index in [0.29, 0.717) is 18.9 Å². The van der Waals surface area contributed by atoms with Crippen LogP contribution in [0.1, 0.15) is 72.0 Å². The third kappa shape index (κ3) is 3.69. The van der Waals surface area contributed by atoms with Crippen LogP contribution < -0.4 is 0 Å². The molecule has 2 aromatic rings. The van der Waals surface area contributed by atoms with Crippen LogP contribution in [0, 0.1) is 16.7 Å². The van der Waals surface area contributed by atoms with Crippen molar-refractivity contribution in [1.82, 2.24) is 9.29 Å². The molecule has 1 aromatic heterocycles. The normalized spacial score (nSPS) is 29.0. The van der Waals surface area contributed by atoms with Crippen molar-refractivity contribution in [3.05, 3.63) is 42.1 Å². The van der Waals surface area contributed by atoms with Crippen molar-refractivity contribution in [3.8, 4) is 0 Å². The number of hydrogen-bond acceptors (Lipinski definition) is 5. The van der Waals surface area contributed by atoms with Crippen LogP contribution in [0.15, 0.2) is 36.5 Å². The minimum atomic E-state index is -3.67. The molecule has 0 radical (unpaired) electrons. The molecule has 2 bridgehead atoms. The predicted octanol–water partition coefficient (Wildman–Crippen LogP) is 6.05. The SMILES string of the molecule is CC[Si](CC)(CC)OC(CC(=O)N1CC23CCC(C[C@H]2S1(=O)=O)C3(C)C)c1ccc2ncccc2c1. The number of fused-ring (bicyclic) bond motifs is 2. The van der Waals surface area contributed by atoms with Crippen molar-refractivity contribution in [1.29, 1.82) is 0 Å². The maximum atomic E-state index is 13.8. The standard InChI is InChI=1S/C28H40N2O4SSi/c1-6-36(7-2,8-3)34-24(21-11-12-23-20(16-21)10-9-15-29-23)18-26(31)30-19-28-14-13-22(27(28,4)5)17-25(28)35(30,32)33/h9-12,15-16,22,24-25H,6-8,13-14,17-19H2,1-5H3/t22?,24?,25-,28?/m1/s1. The van der Waals surface area contributed by atoms with Gasteiger partial charge in [0.25, 0.3) is 0 Å². The summed E-state index contributed by atoms with van der Waals surface area (Å²) in [7, 11) is -5.74. The van der Waals surface area contributed by atoms with Crippen molar-refractivity contribution >= 4 is 35.2 Å². The van der Waals surface area contributed by atoms with Gasteiger partial charge in [-0.1, -0.05) is 46.8 Å². The molecule has 2 saturated carbocycles. The van der Waals surface area contributed by atoms with Crippen LogP contribution in [0.4, 0.5) is 0 Å². The molecule has 3 unspecified atom stereocenters. The highest BCUT2D eigenvalue weighted by Gasteiger charge is 2.72. The quantitative estimate of drug-likeness (QED) is 0.390. The summed E-state index contributed by atoms with van der Waals surface area (Å²) in [5.41, 5.74) is 1.44. The van der Waals surface area contributed by atoms with E-state index in [9.17, 15) is 13.2 Å². The lowest BCUT2D eigenvalue weighted by atomic mass is 9.69. The largest absolute Gasteiger partial charge is 0.409 e. The minimum Gasteiger partial charge on any atom is -0.409 e. The molecule has 1 aromatic carbocycles. The van der Waals surface area contributed by atoms with Gasteiger partial charge in [0, 0.05) is 23.5 Å². The number of carbonyl (C=O) groups excluding carboxylic acids is 1. The van der Waals surface area contributed by atoms with E-state index in [1.54, 1.807) is 6.20 Å². The van der Waals surface area contributed by atoms with Crippen LogP contribution in [-0.2, 0) is 19.2 Å². The maximum absolute atomic E-state index is 13.8. The zero-order chi connectivity index (χ0) is 25.9. The first-order valence-electron chi connectivity index (χ1n) is 13.6. The zero-order valence-corrected chi connectivity index (χ0v) is 24.1. The fraction of sp³-hybridized carbons (Fsp3) is 0.643. The van der Waals surface area contributed by atoms with Gasteiger partial charge >= 0.3 is 0 Å². The minimum absolute atomic E-state index is 0.0480. The number of sulfonamides is 1. The number of nitrogens with zero attached hydrogens (tertiary/aromatic N) is 2. The summed E-state index contributed by atoms with van der Waals surface area (Å²) >= 11 is 0. The maximum Gasteiger partial charge on any atom is 0.240 e. The zero-order valence-electron chi connectivity index (χ0n) is 22.3. The fourth-order valence-electron chi connectivity index (χ4n) is 7.60. The molecule has 5 rings (SSSR count). The fourth-order valence-corrected chi connectivity index (χ4v) is 13.0. The van der Waals surface area contributed by atoms with Crippen LogP contribution in [0.2, 0.25) is 18.1 Å². The van der Waals surface area contributed by atoms with Crippen molar-refractivity contribution in [3.63, 3.8) is 0 Å². The van der Waals surface area contributed by atoms with Crippen LogP contribution >= 0.6 is 0 Å². The lowest BCUT2D eigenvalue weighted by molar-refractivity contribution is -0.129. The second kappa shape index (κ2) is 8.91. The summed E-state index contributed by atoms with van der Waals surface area (Å²) in [5, 5.41) is 0.568. The summed E-state index contributed by atoms with van der Waals surface area (Å²) < 4.78 is 35.5. The van der Waals surface area contributed by atoms with Crippen LogP contribution in [-0.4, -0.2) is 43.7 Å². The summed E-state index contributed by atoms with van der Waals surface area (Å²) in [4.78, 5) is 18.3. The Morgan fingerprint density at radius 2 is 1.92 bits per heavy atom. The molecule has 2 aliphatic carbocycles. The average molecular weight is 529 g/mol. The smallest absolute Gasteiger partial charge is 0.240 e. The number of aromatic nitrogens is 1. The van der Waals surface area contributed by atoms with Crippen molar-refractivity contribution in [2.75, 3.05) is 6.54 Å². The Morgan fingerprint density at radius 3 is 2.56 bits per heavy atom. The van der Waals surface area contributed by atoms with Gasteiger partial charge in [-0.2, -0.15) is 0 Å². The van der Waals surface area contributed by atoms with Gasteiger partial charge in [-0.25, -0.2) is 12.7 Å². The van der Waals surface area contributed by atoms with Crippen LogP contribution in [0.5, 0.6) is 0 Å². The first-order chi connectivity index (χ1) is 17.0. The van der Waals surface area contributed by atoms with Gasteiger partial charge in [0.15, 0.2) is 8.32 Å². The Balaban J connectivity index is 1.48. The van der Waals surface area contributed by atoms with E-state index in [0.717, 1.165) is 47.4 Å². The van der Waals surface area contributed by atoms with Gasteiger partial charge in [-0.3, -0.25) is 9.78 Å². The Labute approximate surface area is 217 Å². The van der Waals surface area contributed by atoms with Crippen LogP contribution in [0.3, 0.4) is 0 Å². The van der Waals surface area contributed by atoms with E-state index in [1.807, 2.05) is 24.3 Å². The third-order valence-electron chi connectivity index (χ3n) is 10.4. The highest BCUT2D eigenvalue weighted by atomic mass is 32.2. The Hall–Kier alpha value is -1.77. The van der Waals surface area contributed by atoms with Crippen LogP contribution in [0.25, 0.3) is 10.9 Å². The number of carbonyl (C=O) groups is 1. The molecular formula is C28H40N2O4SSi. The van der Waals surface area contributed by atoms with Gasteiger partial charge in [0.1, 0.15) is 0 Å². The van der Waals surface area contributed by atoms with E-state index >= 15 is 0 Å². The van der Waals surface area contributed by atoms with Crippen molar-refractivity contribution in [2.45, 2.75) is 89.8 Å². The second-order valence-corrected chi connectivity index (χ2v) is 18.6. The summed E-state index contributed by atoms with van der Waals surface area (Å²) in [5.74, 6) is 0.114. The molecule has 3 fully saturated rings. The highest BCUT2D eigenvalue weighted by Crippen LogP contribution is 2.70. The Morgan fingerprint density at radius 1 is 1.19 bits per heavy atom. The van der Waals surface area contributed by atoms with Gasteiger partial charge in [-0.05, 0) is 72.5 Å². The van der Waals surface area contributed by atoms with Gasteiger partial charge in [0.05, 0.1) is 23.3 Å². The summed E-state index contributed by atoms with van der Waals surface area (Å²) in [6.45, 7) is 11.3. The second-order valence-electron chi connectivity index (χ2n) is 11.8. The van der Waals surface area contributed by atoms with Gasteiger partial charge in [0.2, 0.25) is 15.9 Å². The summed E-state index contributed by atoms with van der Waals surface area (Å²) in [6, 6.07) is 12.8. The van der Waals surface area contributed by atoms with Crippen molar-refractivity contribution < 1.29 is 17.6 Å². The molecule has 6 nitrogen and oxygen atoms in total. The molecule has 1 spiro atoms. The lowest BCUT2D eigenvalue weighted by Gasteiger charge is -2.36. The molecule has 1 saturated heterocycles. The molecule has 0 N–H and O–H groups in total. The van der Waals surface area contributed by atoms with Crippen molar-refractivity contribution in [2.24, 2.45) is 16.7 Å². The molecule has 196 valence electrons. The predicted molar refractivity (Wildman–Crippen MR) is 145 cm³/mol. The van der Waals surface area contributed by atoms with Gasteiger partial charge < -0.3 is 4.43 Å². The molecular weight excluding hydrogens is 488 g/mol. The number of rotatable bonds is 8. The first-order valence-corrected chi connectivity index (χ1v) is 17.6. The van der Waals surface area contributed by atoms with Gasteiger partial charge in [-0.15, -0.1) is 0 Å². The first kappa shape index (κ1) is 25.9. The van der Waals surface area contributed by atoms with E-state index in [2.05, 4.69) is 45.7 Å². The molecule has 1 amide bonds. The molecule has 3 aliphatic rings. The topological polar surface area (TPSA) is 76.6 Å². The molecule has 4 atom stereocenters. The Kier molecular flexibility index (Phi) is 6.40. The molecule has 2 heterocycles. The lowest BCUT2D eigenvalue weighted by Crippen LogP contribution is -2.41. The Bertz CT molecular complexity index is 1270. The van der Waals surface area contributed by atoms with E-state index < -0.39 is 29.7 Å². The number of benzene rings is 1. The monoisotopic (exact) mass is 528 g/mol. The number of hydrogen-bond donors (Lipinski definition) is 0. The van der Waals surface area contributed by atoms with E-state index in [-0.39, 0.29) is 23.2 Å². The number of amides is 1.